The van der Waals surface area contributed by atoms with E-state index in [-0.39, 0.29) is 0 Å². The lowest BCUT2D eigenvalue weighted by Gasteiger charge is -2.12. The van der Waals surface area contributed by atoms with E-state index in [0.717, 1.165) is 23.2 Å². The lowest BCUT2D eigenvalue weighted by Crippen LogP contribution is -3.06. The fourth-order valence-corrected chi connectivity index (χ4v) is 1.79. The number of rotatable bonds is 4. The van der Waals surface area contributed by atoms with Crippen LogP contribution in [0.4, 0.5) is 5.69 Å². The van der Waals surface area contributed by atoms with Gasteiger partial charge in [0, 0.05) is 10.2 Å². The fraction of sp³-hybridized carbons (Fsp3) is 0.417. The van der Waals surface area contributed by atoms with E-state index in [1.165, 1.54) is 10.5 Å². The average Bonchev–Trinajstić information content (AvgIpc) is 2.23. The minimum Gasteiger partial charge on any atom is -0.357 e. The Morgan fingerprint density at radius 2 is 2.12 bits per heavy atom. The zero-order valence-corrected chi connectivity index (χ0v) is 12.8. The number of nitrogens with one attached hydrogen (secondary N) is 3. The summed E-state index contributed by atoms with van der Waals surface area (Å²) in [4.78, 5) is 1.40. The minimum atomic E-state index is 0.674. The summed E-state index contributed by atoms with van der Waals surface area (Å²) >= 11 is 8.70. The molecular formula is C12H19BrN3S+. The van der Waals surface area contributed by atoms with Gasteiger partial charge in [-0.25, -0.2) is 0 Å². The van der Waals surface area contributed by atoms with Crippen LogP contribution in [-0.4, -0.2) is 32.3 Å². The fourth-order valence-electron chi connectivity index (χ4n) is 1.32. The van der Waals surface area contributed by atoms with Gasteiger partial charge >= 0.3 is 0 Å². The lowest BCUT2D eigenvalue weighted by molar-refractivity contribution is -0.856. The number of quaternary nitrogens is 1. The standard InChI is InChI=1S/C12H18BrN3S/c1-9-8-10(4-5-11(9)13)15-12(17)14-6-7-16(2)3/h4-5,8H,6-7H2,1-3H3,(H2,14,15,17)/p+1. The molecule has 0 atom stereocenters. The molecule has 0 aromatic heterocycles. The molecule has 1 aromatic carbocycles. The van der Waals surface area contributed by atoms with Crippen LogP contribution in [-0.2, 0) is 0 Å². The normalized spacial score (nSPS) is 10.4. The highest BCUT2D eigenvalue weighted by atomic mass is 79.9. The summed E-state index contributed by atoms with van der Waals surface area (Å²) in [5.41, 5.74) is 2.20. The van der Waals surface area contributed by atoms with E-state index in [9.17, 15) is 0 Å². The van der Waals surface area contributed by atoms with E-state index in [0.29, 0.717) is 5.11 Å². The Balaban J connectivity index is 2.42. The summed E-state index contributed by atoms with van der Waals surface area (Å²) in [6.07, 6.45) is 0. The lowest BCUT2D eigenvalue weighted by atomic mass is 10.2. The Morgan fingerprint density at radius 1 is 1.41 bits per heavy atom. The number of anilines is 1. The van der Waals surface area contributed by atoms with Crippen LogP contribution in [0.5, 0.6) is 0 Å². The molecule has 0 saturated heterocycles. The molecule has 0 unspecified atom stereocenters. The Kier molecular flexibility index (Phi) is 5.88. The van der Waals surface area contributed by atoms with Crippen LogP contribution in [0.1, 0.15) is 5.56 Å². The van der Waals surface area contributed by atoms with Crippen molar-refractivity contribution in [3.63, 3.8) is 0 Å². The third-order valence-electron chi connectivity index (χ3n) is 2.33. The van der Waals surface area contributed by atoms with Crippen molar-refractivity contribution in [1.82, 2.24) is 5.32 Å². The van der Waals surface area contributed by atoms with Crippen molar-refractivity contribution in [3.05, 3.63) is 28.2 Å². The van der Waals surface area contributed by atoms with Gasteiger partial charge in [0.25, 0.3) is 0 Å². The molecule has 0 aliphatic heterocycles. The molecule has 0 radical (unpaired) electrons. The summed E-state index contributed by atoms with van der Waals surface area (Å²) in [6, 6.07) is 6.09. The maximum Gasteiger partial charge on any atom is 0.170 e. The predicted octanol–water partition coefficient (Wildman–Crippen LogP) is 1.19. The zero-order chi connectivity index (χ0) is 12.8. The van der Waals surface area contributed by atoms with Crippen LogP contribution in [0.25, 0.3) is 0 Å². The maximum absolute atomic E-state index is 5.22. The summed E-state index contributed by atoms with van der Waals surface area (Å²) in [5.74, 6) is 0. The van der Waals surface area contributed by atoms with Gasteiger partial charge in [0.15, 0.2) is 5.11 Å². The summed E-state index contributed by atoms with van der Waals surface area (Å²) < 4.78 is 1.11. The van der Waals surface area contributed by atoms with Crippen LogP contribution < -0.4 is 15.5 Å². The van der Waals surface area contributed by atoms with Crippen molar-refractivity contribution in [3.8, 4) is 0 Å². The molecule has 0 aliphatic carbocycles. The first kappa shape index (κ1) is 14.4. The molecule has 5 heteroatoms. The average molecular weight is 317 g/mol. The molecular weight excluding hydrogens is 298 g/mol. The van der Waals surface area contributed by atoms with Gasteiger partial charge in [0.1, 0.15) is 0 Å². The second kappa shape index (κ2) is 6.93. The van der Waals surface area contributed by atoms with Gasteiger partial charge in [-0.3, -0.25) is 0 Å². The van der Waals surface area contributed by atoms with E-state index in [4.69, 9.17) is 12.2 Å². The molecule has 94 valence electrons. The van der Waals surface area contributed by atoms with Crippen LogP contribution >= 0.6 is 28.1 Å². The molecule has 0 fully saturated rings. The van der Waals surface area contributed by atoms with Crippen molar-refractivity contribution in [1.29, 1.82) is 0 Å². The van der Waals surface area contributed by atoms with Crippen LogP contribution in [0.15, 0.2) is 22.7 Å². The quantitative estimate of drug-likeness (QED) is 0.729. The van der Waals surface area contributed by atoms with Gasteiger partial charge in [-0.15, -0.1) is 0 Å². The van der Waals surface area contributed by atoms with Gasteiger partial charge < -0.3 is 15.5 Å². The molecule has 0 spiro atoms. The SMILES string of the molecule is Cc1cc(NC(=S)NCC[NH+](C)C)ccc1Br. The third-order valence-corrected chi connectivity index (χ3v) is 3.46. The number of hydrogen-bond acceptors (Lipinski definition) is 1. The van der Waals surface area contributed by atoms with Crippen LogP contribution in [0, 0.1) is 6.92 Å². The monoisotopic (exact) mass is 316 g/mol. The van der Waals surface area contributed by atoms with Crippen molar-refractivity contribution < 1.29 is 4.90 Å². The highest BCUT2D eigenvalue weighted by Crippen LogP contribution is 2.19. The Morgan fingerprint density at radius 3 is 2.71 bits per heavy atom. The highest BCUT2D eigenvalue weighted by molar-refractivity contribution is 9.10. The summed E-state index contributed by atoms with van der Waals surface area (Å²) in [7, 11) is 4.24. The van der Waals surface area contributed by atoms with Crippen molar-refractivity contribution >= 4 is 38.9 Å². The molecule has 3 N–H and O–H groups in total. The third kappa shape index (κ3) is 5.48. The minimum absolute atomic E-state index is 0.674. The molecule has 1 aromatic rings. The van der Waals surface area contributed by atoms with Gasteiger partial charge in [0.05, 0.1) is 27.2 Å². The Bertz CT molecular complexity index is 393. The number of aryl methyl sites for hydroxylation is 1. The first-order valence-electron chi connectivity index (χ1n) is 5.59. The van der Waals surface area contributed by atoms with Crippen molar-refractivity contribution in [2.45, 2.75) is 6.92 Å². The molecule has 0 amide bonds. The number of benzene rings is 1. The number of thiocarbonyl (C=S) groups is 1. The van der Waals surface area contributed by atoms with Crippen LogP contribution in [0.3, 0.4) is 0 Å². The van der Waals surface area contributed by atoms with E-state index in [1.807, 2.05) is 12.1 Å². The molecule has 0 heterocycles. The van der Waals surface area contributed by atoms with Crippen molar-refractivity contribution in [2.24, 2.45) is 0 Å². The summed E-state index contributed by atoms with van der Waals surface area (Å²) in [6.45, 7) is 3.98. The molecule has 17 heavy (non-hydrogen) atoms. The predicted molar refractivity (Wildman–Crippen MR) is 80.8 cm³/mol. The highest BCUT2D eigenvalue weighted by Gasteiger charge is 2.00. The Labute approximate surface area is 117 Å². The second-order valence-corrected chi connectivity index (χ2v) is 5.56. The first-order valence-corrected chi connectivity index (χ1v) is 6.79. The smallest absolute Gasteiger partial charge is 0.170 e. The topological polar surface area (TPSA) is 28.5 Å². The molecule has 0 aliphatic rings. The zero-order valence-electron chi connectivity index (χ0n) is 10.4. The Hall–Kier alpha value is -0.650. The molecule has 0 saturated carbocycles. The number of likely N-dealkylation sites (N-methyl/N-ethyl adjacent to an activating group) is 1. The largest absolute Gasteiger partial charge is 0.357 e. The summed E-state index contributed by atoms with van der Waals surface area (Å²) in [5, 5.41) is 7.03. The van der Waals surface area contributed by atoms with Gasteiger partial charge in [-0.05, 0) is 42.9 Å². The van der Waals surface area contributed by atoms with Gasteiger partial charge in [0.2, 0.25) is 0 Å². The molecule has 3 nitrogen and oxygen atoms in total. The van der Waals surface area contributed by atoms with E-state index in [2.05, 4.69) is 53.6 Å². The molecule has 0 bridgehead atoms. The van der Waals surface area contributed by atoms with E-state index in [1.54, 1.807) is 0 Å². The van der Waals surface area contributed by atoms with Crippen molar-refractivity contribution in [2.75, 3.05) is 32.5 Å². The number of halogens is 1. The van der Waals surface area contributed by atoms with Gasteiger partial charge in [-0.2, -0.15) is 0 Å². The number of hydrogen-bond donors (Lipinski definition) is 3. The van der Waals surface area contributed by atoms with Crippen LogP contribution in [0.2, 0.25) is 0 Å². The van der Waals surface area contributed by atoms with E-state index >= 15 is 0 Å². The van der Waals surface area contributed by atoms with Gasteiger partial charge in [-0.1, -0.05) is 15.9 Å². The maximum atomic E-state index is 5.22. The second-order valence-electron chi connectivity index (χ2n) is 4.30. The molecule has 1 rings (SSSR count). The first-order chi connectivity index (χ1) is 7.99. The van der Waals surface area contributed by atoms with E-state index < -0.39 is 0 Å².